The van der Waals surface area contributed by atoms with Crippen LogP contribution < -0.4 is 16.8 Å². The molecule has 1 aliphatic carbocycles. The van der Waals surface area contributed by atoms with Crippen LogP contribution in [0.3, 0.4) is 0 Å². The molecule has 3 amide bonds. The molecule has 188 valence electrons. The third-order valence-corrected chi connectivity index (χ3v) is 8.11. The molecule has 1 aromatic heterocycles. The van der Waals surface area contributed by atoms with E-state index >= 15 is 0 Å². The Morgan fingerprint density at radius 1 is 1.40 bits per heavy atom. The lowest BCUT2D eigenvalue weighted by molar-refractivity contribution is -0.160. The van der Waals surface area contributed by atoms with Gasteiger partial charge in [0, 0.05) is 17.7 Å². The zero-order valence-electron chi connectivity index (χ0n) is 18.4. The van der Waals surface area contributed by atoms with Gasteiger partial charge in [-0.3, -0.25) is 14.4 Å². The normalized spacial score (nSPS) is 28.0. The number of anilines is 1. The quantitative estimate of drug-likeness (QED) is 0.157. The van der Waals surface area contributed by atoms with Crippen molar-refractivity contribution in [3.8, 4) is 0 Å². The number of nitrogens with two attached hydrogens (primary N) is 2. The first-order valence-corrected chi connectivity index (χ1v) is 12.6. The molecule has 3 aliphatic rings. The number of hydrogen-bond donors (Lipinski definition) is 4. The number of primary amides is 1. The first-order chi connectivity index (χ1) is 16.7. The minimum atomic E-state index is -1.49. The molecular weight excluding hydrogens is 500 g/mol. The lowest BCUT2D eigenvalue weighted by Crippen LogP contribution is -2.74. The maximum atomic E-state index is 13.1. The highest BCUT2D eigenvalue weighted by Crippen LogP contribution is 2.42. The molecule has 0 spiro atoms. The van der Waals surface area contributed by atoms with Crippen molar-refractivity contribution >= 4 is 57.8 Å². The van der Waals surface area contributed by atoms with Crippen LogP contribution in [0, 0.1) is 5.41 Å². The molecule has 0 bridgehead atoms. The molecule has 3 heterocycles. The topological polar surface area (TPSA) is 200 Å². The second-order valence-electron chi connectivity index (χ2n) is 8.33. The van der Waals surface area contributed by atoms with Gasteiger partial charge in [0.2, 0.25) is 5.91 Å². The van der Waals surface area contributed by atoms with Gasteiger partial charge in [-0.15, -0.1) is 23.1 Å². The molecule has 2 fully saturated rings. The Balaban J connectivity index is 1.45. The van der Waals surface area contributed by atoms with Crippen molar-refractivity contribution in [2.75, 3.05) is 24.6 Å². The van der Waals surface area contributed by atoms with Crippen molar-refractivity contribution in [1.82, 2.24) is 15.2 Å². The Hall–Kier alpha value is -3.33. The molecule has 2 saturated heterocycles. The molecule has 6 N–H and O–H groups in total. The maximum Gasteiger partial charge on any atom is 0.404 e. The van der Waals surface area contributed by atoms with Gasteiger partial charge in [-0.1, -0.05) is 11.2 Å². The fourth-order valence-corrected chi connectivity index (χ4v) is 5.99. The summed E-state index contributed by atoms with van der Waals surface area (Å²) in [5.41, 5.74) is 9.30. The van der Waals surface area contributed by atoms with E-state index in [1.54, 1.807) is 5.38 Å². The number of carbonyl (C=O) groups excluding carboxylic acids is 3. The number of nitrogen functional groups attached to an aromatic ring is 1. The first kappa shape index (κ1) is 24.8. The minimum absolute atomic E-state index is 0.0527. The predicted octanol–water partition coefficient (Wildman–Crippen LogP) is 0.121. The van der Waals surface area contributed by atoms with E-state index in [0.717, 1.165) is 30.6 Å². The van der Waals surface area contributed by atoms with Gasteiger partial charge in [0.25, 0.3) is 5.91 Å². The van der Waals surface area contributed by atoms with Crippen molar-refractivity contribution in [3.05, 3.63) is 23.2 Å². The fourth-order valence-electron chi connectivity index (χ4n) is 3.92. The molecule has 4 rings (SSSR count). The van der Waals surface area contributed by atoms with Crippen molar-refractivity contribution in [3.63, 3.8) is 0 Å². The largest absolute Gasteiger partial charge is 0.481 e. The number of ether oxygens (including phenoxy) is 1. The van der Waals surface area contributed by atoms with Crippen molar-refractivity contribution in [2.24, 2.45) is 16.3 Å². The number of aromatic nitrogens is 1. The highest BCUT2D eigenvalue weighted by Gasteiger charge is 2.58. The van der Waals surface area contributed by atoms with Gasteiger partial charge in [0.15, 0.2) is 10.8 Å². The van der Waals surface area contributed by atoms with Gasteiger partial charge < -0.3 is 36.4 Å². The summed E-state index contributed by atoms with van der Waals surface area (Å²) in [4.78, 5) is 59.7. The third-order valence-electron chi connectivity index (χ3n) is 5.85. The molecule has 35 heavy (non-hydrogen) atoms. The van der Waals surface area contributed by atoms with E-state index < -0.39 is 47.3 Å². The summed E-state index contributed by atoms with van der Waals surface area (Å²) in [5.74, 6) is -2.29. The number of carbonyl (C=O) groups is 4. The minimum Gasteiger partial charge on any atom is -0.481 e. The average Bonchev–Trinajstić information content (AvgIpc) is 3.27. The lowest BCUT2D eigenvalue weighted by Gasteiger charge is -2.53. The second-order valence-corrected chi connectivity index (χ2v) is 10.3. The number of nitrogens with zero attached hydrogens (tertiary/aromatic N) is 3. The molecule has 0 aromatic carbocycles. The van der Waals surface area contributed by atoms with Crippen molar-refractivity contribution < 1.29 is 33.9 Å². The number of aliphatic carboxylic acids is 1. The number of hydrogen-bond acceptors (Lipinski definition) is 11. The SMILES string of the molecule is NC(=O)OCC1(C(=O)O)CS[C@@H]2C(NC(=O)C(=NOC3C=CCCC3)c3csc(N)n3)C(=O)N2C1. The summed E-state index contributed by atoms with van der Waals surface area (Å²) in [6.45, 7) is -0.646. The second kappa shape index (κ2) is 10.1. The van der Waals surface area contributed by atoms with Gasteiger partial charge in [0.05, 0.1) is 0 Å². The van der Waals surface area contributed by atoms with Gasteiger partial charge in [-0.25, -0.2) is 9.78 Å². The van der Waals surface area contributed by atoms with Crippen LogP contribution in [-0.4, -0.2) is 81.0 Å². The zero-order chi connectivity index (χ0) is 25.2. The van der Waals surface area contributed by atoms with Gasteiger partial charge >= 0.3 is 12.1 Å². The predicted molar refractivity (Wildman–Crippen MR) is 126 cm³/mol. The van der Waals surface area contributed by atoms with Crippen molar-refractivity contribution in [1.29, 1.82) is 0 Å². The van der Waals surface area contributed by atoms with Gasteiger partial charge in [0.1, 0.15) is 35.2 Å². The Morgan fingerprint density at radius 3 is 2.83 bits per heavy atom. The highest BCUT2D eigenvalue weighted by atomic mass is 32.2. The Bertz CT molecular complexity index is 1090. The van der Waals surface area contributed by atoms with Crippen LogP contribution in [0.5, 0.6) is 0 Å². The number of β-lactam (4-membered cyclic amide) rings is 1. The molecule has 1 aromatic rings. The summed E-state index contributed by atoms with van der Waals surface area (Å²) in [6, 6.07) is -0.896. The summed E-state index contributed by atoms with van der Waals surface area (Å²) in [7, 11) is 0. The molecule has 0 radical (unpaired) electrons. The number of amides is 3. The van der Waals surface area contributed by atoms with Crippen LogP contribution >= 0.6 is 23.1 Å². The number of rotatable bonds is 8. The molecule has 13 nitrogen and oxygen atoms in total. The van der Waals surface area contributed by atoms with Crippen LogP contribution in [0.25, 0.3) is 0 Å². The van der Waals surface area contributed by atoms with E-state index in [1.165, 1.54) is 16.7 Å². The Kier molecular flexibility index (Phi) is 7.16. The standard InChI is InChI=1S/C20H24N6O7S2/c21-18-23-11(6-34-18)12(25-33-10-4-2-1-3-5-10)14(27)24-13-15(28)26-7-20(17(29)30,8-32-19(22)31)9-35-16(13)26/h2,4,6,10,13,16H,1,3,5,7-9H2,(H2,21,23)(H2,22,31)(H,24,27)(H,29,30)/t10?,13?,16-,20?/m1/s1. The molecule has 2 aliphatic heterocycles. The molecular formula is C20H24N6O7S2. The monoisotopic (exact) mass is 524 g/mol. The smallest absolute Gasteiger partial charge is 0.404 e. The number of oxime groups is 1. The molecule has 0 saturated carbocycles. The third kappa shape index (κ3) is 5.19. The van der Waals surface area contributed by atoms with Gasteiger partial charge in [-0.05, 0) is 25.3 Å². The van der Waals surface area contributed by atoms with Crippen LogP contribution in [0.4, 0.5) is 9.93 Å². The van der Waals surface area contributed by atoms with E-state index in [9.17, 15) is 24.3 Å². The van der Waals surface area contributed by atoms with Crippen LogP contribution in [0.2, 0.25) is 0 Å². The fraction of sp³-hybridized carbons (Fsp3) is 0.500. The number of carboxylic acids is 1. The number of nitrogens with one attached hydrogen (secondary N) is 1. The van der Waals surface area contributed by atoms with E-state index in [4.69, 9.17) is 21.0 Å². The first-order valence-electron chi connectivity index (χ1n) is 10.7. The lowest BCUT2D eigenvalue weighted by atomic mass is 9.88. The number of thiazole rings is 1. The van der Waals surface area contributed by atoms with E-state index in [-0.39, 0.29) is 34.9 Å². The van der Waals surface area contributed by atoms with Crippen LogP contribution in [0.15, 0.2) is 22.7 Å². The number of thioether (sulfide) groups is 1. The van der Waals surface area contributed by atoms with E-state index in [0.29, 0.717) is 0 Å². The molecule has 15 heteroatoms. The summed E-state index contributed by atoms with van der Waals surface area (Å²) in [6.07, 6.45) is 5.14. The van der Waals surface area contributed by atoms with Gasteiger partial charge in [-0.2, -0.15) is 0 Å². The summed E-state index contributed by atoms with van der Waals surface area (Å²) >= 11 is 2.30. The van der Waals surface area contributed by atoms with Crippen molar-refractivity contribution in [2.45, 2.75) is 36.8 Å². The van der Waals surface area contributed by atoms with E-state index in [2.05, 4.69) is 15.5 Å². The Labute approximate surface area is 207 Å². The molecule has 3 unspecified atom stereocenters. The number of fused-ring (bicyclic) bond motifs is 1. The number of allylic oxidation sites excluding steroid dienone is 1. The zero-order valence-corrected chi connectivity index (χ0v) is 20.0. The molecule has 4 atom stereocenters. The summed E-state index contributed by atoms with van der Waals surface area (Å²) < 4.78 is 4.73. The Morgan fingerprint density at radius 2 is 2.20 bits per heavy atom. The summed E-state index contributed by atoms with van der Waals surface area (Å²) in [5, 5.41) is 17.7. The highest BCUT2D eigenvalue weighted by molar-refractivity contribution is 8.00. The number of carboxylic acid groups (broad SMARTS) is 1. The van der Waals surface area contributed by atoms with Crippen LogP contribution in [-0.2, 0) is 24.0 Å². The maximum absolute atomic E-state index is 13.1. The average molecular weight is 525 g/mol. The van der Waals surface area contributed by atoms with Crippen LogP contribution in [0.1, 0.15) is 25.0 Å². The van der Waals surface area contributed by atoms with E-state index in [1.807, 2.05) is 12.2 Å².